The van der Waals surface area contributed by atoms with Crippen LogP contribution in [0.2, 0.25) is 0 Å². The maximum Gasteiger partial charge on any atom is 0.305 e. The predicted octanol–water partition coefficient (Wildman–Crippen LogP) is 3.43. The monoisotopic (exact) mass is 277 g/mol. The lowest BCUT2D eigenvalue weighted by molar-refractivity contribution is -0.401. The number of nitrogens with zero attached hydrogens (tertiary/aromatic N) is 1. The van der Waals surface area contributed by atoms with E-state index >= 15 is 0 Å². The number of allylic oxidation sites excluding steroid dienone is 1. The molecule has 0 fully saturated rings. The molecule has 0 radical (unpaired) electrons. The summed E-state index contributed by atoms with van der Waals surface area (Å²) in [4.78, 5) is 21.4. The second-order valence-electron chi connectivity index (χ2n) is 4.32. The lowest BCUT2D eigenvalue weighted by atomic mass is 10.0. The molecule has 5 nitrogen and oxygen atoms in total. The number of ether oxygens (including phenoxy) is 1. The van der Waals surface area contributed by atoms with Gasteiger partial charge in [-0.1, -0.05) is 30.3 Å². The zero-order valence-corrected chi connectivity index (χ0v) is 11.6. The first-order valence-corrected chi connectivity index (χ1v) is 6.68. The molecule has 0 unspecified atom stereocenters. The molecule has 0 atom stereocenters. The molecule has 0 aliphatic carbocycles. The van der Waals surface area contributed by atoms with E-state index in [0.717, 1.165) is 11.8 Å². The summed E-state index contributed by atoms with van der Waals surface area (Å²) in [7, 11) is 0. The van der Waals surface area contributed by atoms with Crippen LogP contribution in [0.15, 0.2) is 36.5 Å². The first-order valence-electron chi connectivity index (χ1n) is 6.68. The minimum atomic E-state index is -0.437. The summed E-state index contributed by atoms with van der Waals surface area (Å²) in [6, 6.07) is 9.26. The number of nitro groups is 1. The normalized spacial score (nSPS) is 11.2. The highest BCUT2D eigenvalue weighted by molar-refractivity contribution is 5.69. The van der Waals surface area contributed by atoms with Crippen LogP contribution in [0.4, 0.5) is 0 Å². The summed E-state index contributed by atoms with van der Waals surface area (Å²) in [6.07, 6.45) is 3.35. The van der Waals surface area contributed by atoms with Crippen LogP contribution in [0.1, 0.15) is 38.2 Å². The summed E-state index contributed by atoms with van der Waals surface area (Å²) < 4.78 is 4.84. The van der Waals surface area contributed by atoms with E-state index in [0.29, 0.717) is 37.9 Å². The molecule has 0 aliphatic rings. The SMILES string of the molecule is CCOC(=O)CCCC/C(=C\[N+](=O)[O-])c1ccccc1. The van der Waals surface area contributed by atoms with Crippen LogP contribution >= 0.6 is 0 Å². The first-order chi connectivity index (χ1) is 9.63. The molecule has 1 aromatic carbocycles. The van der Waals surface area contributed by atoms with Crippen molar-refractivity contribution < 1.29 is 14.5 Å². The van der Waals surface area contributed by atoms with Gasteiger partial charge in [-0.15, -0.1) is 0 Å². The fourth-order valence-corrected chi connectivity index (χ4v) is 1.88. The van der Waals surface area contributed by atoms with Crippen molar-refractivity contribution in [3.8, 4) is 0 Å². The average molecular weight is 277 g/mol. The van der Waals surface area contributed by atoms with Gasteiger partial charge >= 0.3 is 5.97 Å². The van der Waals surface area contributed by atoms with E-state index in [1.807, 2.05) is 30.3 Å². The topological polar surface area (TPSA) is 69.4 Å². The molecule has 0 N–H and O–H groups in total. The van der Waals surface area contributed by atoms with Gasteiger partial charge in [-0.3, -0.25) is 14.9 Å². The summed E-state index contributed by atoms with van der Waals surface area (Å²) in [5.41, 5.74) is 1.53. The molecule has 0 bridgehead atoms. The van der Waals surface area contributed by atoms with Gasteiger partial charge in [0.1, 0.15) is 0 Å². The van der Waals surface area contributed by atoms with Crippen molar-refractivity contribution in [3.63, 3.8) is 0 Å². The van der Waals surface area contributed by atoms with Gasteiger partial charge in [0, 0.05) is 12.0 Å². The zero-order chi connectivity index (χ0) is 14.8. The summed E-state index contributed by atoms with van der Waals surface area (Å²) in [6.45, 7) is 2.15. The van der Waals surface area contributed by atoms with E-state index in [-0.39, 0.29) is 5.97 Å². The fraction of sp³-hybridized carbons (Fsp3) is 0.400. The predicted molar refractivity (Wildman–Crippen MR) is 76.5 cm³/mol. The minimum absolute atomic E-state index is 0.216. The standard InChI is InChI=1S/C15H19NO4/c1-2-20-15(17)11-7-6-10-14(12-16(18)19)13-8-4-3-5-9-13/h3-5,8-9,12H,2,6-7,10-11H2,1H3/b14-12+. The van der Waals surface area contributed by atoms with E-state index in [1.165, 1.54) is 0 Å². The maximum atomic E-state index is 11.2. The zero-order valence-electron chi connectivity index (χ0n) is 11.6. The van der Waals surface area contributed by atoms with E-state index in [2.05, 4.69) is 0 Å². The molecule has 5 heteroatoms. The number of carbonyl (C=O) groups excluding carboxylic acids is 1. The summed E-state index contributed by atoms with van der Waals surface area (Å²) >= 11 is 0. The molecule has 0 aliphatic heterocycles. The molecule has 0 saturated heterocycles. The quantitative estimate of drug-likeness (QED) is 0.316. The Labute approximate surface area is 118 Å². The van der Waals surface area contributed by atoms with Gasteiger partial charge in [-0.2, -0.15) is 0 Å². The lowest BCUT2D eigenvalue weighted by Crippen LogP contribution is -2.03. The van der Waals surface area contributed by atoms with E-state index in [9.17, 15) is 14.9 Å². The Morgan fingerprint density at radius 1 is 1.25 bits per heavy atom. The highest BCUT2D eigenvalue weighted by Gasteiger charge is 2.07. The Kier molecular flexibility index (Phi) is 7.03. The van der Waals surface area contributed by atoms with Crippen molar-refractivity contribution in [2.24, 2.45) is 0 Å². The Bertz CT molecular complexity index is 468. The number of carbonyl (C=O) groups is 1. The molecule has 0 heterocycles. The van der Waals surface area contributed by atoms with Crippen molar-refractivity contribution in [2.45, 2.75) is 32.6 Å². The lowest BCUT2D eigenvalue weighted by Gasteiger charge is -2.05. The van der Waals surface area contributed by atoms with Crippen molar-refractivity contribution in [2.75, 3.05) is 6.61 Å². The Morgan fingerprint density at radius 2 is 1.90 bits per heavy atom. The number of unbranched alkanes of at least 4 members (excludes halogenated alkanes) is 1. The van der Waals surface area contributed by atoms with Crippen molar-refractivity contribution in [1.29, 1.82) is 0 Å². The molecule has 1 aromatic rings. The third-order valence-electron chi connectivity index (χ3n) is 2.79. The smallest absolute Gasteiger partial charge is 0.305 e. The molecule has 0 saturated carbocycles. The van der Waals surface area contributed by atoms with Crippen LogP contribution in [-0.4, -0.2) is 17.5 Å². The van der Waals surface area contributed by atoms with Crippen LogP contribution in [0.3, 0.4) is 0 Å². The maximum absolute atomic E-state index is 11.2. The third kappa shape index (κ3) is 6.13. The summed E-state index contributed by atoms with van der Waals surface area (Å²) in [5.74, 6) is -0.216. The molecule has 108 valence electrons. The highest BCUT2D eigenvalue weighted by atomic mass is 16.6. The molecule has 20 heavy (non-hydrogen) atoms. The molecule has 0 amide bonds. The van der Waals surface area contributed by atoms with Gasteiger partial charge in [0.15, 0.2) is 0 Å². The third-order valence-corrected chi connectivity index (χ3v) is 2.79. The van der Waals surface area contributed by atoms with Crippen LogP contribution < -0.4 is 0 Å². The number of hydrogen-bond donors (Lipinski definition) is 0. The van der Waals surface area contributed by atoms with Crippen molar-refractivity contribution in [3.05, 3.63) is 52.2 Å². The number of hydrogen-bond acceptors (Lipinski definition) is 4. The van der Waals surface area contributed by atoms with E-state index in [1.54, 1.807) is 6.92 Å². The van der Waals surface area contributed by atoms with E-state index in [4.69, 9.17) is 4.74 Å². The number of esters is 1. The second-order valence-corrected chi connectivity index (χ2v) is 4.32. The van der Waals surface area contributed by atoms with Crippen LogP contribution in [0.5, 0.6) is 0 Å². The Hall–Kier alpha value is -2.17. The van der Waals surface area contributed by atoms with Crippen molar-refractivity contribution in [1.82, 2.24) is 0 Å². The van der Waals surface area contributed by atoms with Gasteiger partial charge in [0.25, 0.3) is 0 Å². The van der Waals surface area contributed by atoms with E-state index < -0.39 is 4.92 Å². The largest absolute Gasteiger partial charge is 0.466 e. The minimum Gasteiger partial charge on any atom is -0.466 e. The molecule has 1 rings (SSSR count). The average Bonchev–Trinajstić information content (AvgIpc) is 2.43. The first kappa shape index (κ1) is 15.9. The molecule has 0 aromatic heterocycles. The van der Waals surface area contributed by atoms with Crippen LogP contribution in [-0.2, 0) is 9.53 Å². The van der Waals surface area contributed by atoms with Gasteiger partial charge in [0.2, 0.25) is 6.20 Å². The Balaban J connectivity index is 2.52. The fourth-order valence-electron chi connectivity index (χ4n) is 1.88. The number of benzene rings is 1. The summed E-state index contributed by atoms with van der Waals surface area (Å²) in [5, 5.41) is 10.7. The van der Waals surface area contributed by atoms with Gasteiger partial charge < -0.3 is 4.74 Å². The molecule has 0 spiro atoms. The van der Waals surface area contributed by atoms with Crippen LogP contribution in [0.25, 0.3) is 5.57 Å². The van der Waals surface area contributed by atoms with Gasteiger partial charge in [0.05, 0.1) is 11.5 Å². The van der Waals surface area contributed by atoms with Gasteiger partial charge in [-0.25, -0.2) is 0 Å². The molecular formula is C15H19NO4. The van der Waals surface area contributed by atoms with Crippen LogP contribution in [0, 0.1) is 10.1 Å². The van der Waals surface area contributed by atoms with Gasteiger partial charge in [-0.05, 0) is 31.7 Å². The Morgan fingerprint density at radius 3 is 2.50 bits per heavy atom. The second kappa shape index (κ2) is 8.85. The number of rotatable bonds is 8. The highest BCUT2D eigenvalue weighted by Crippen LogP contribution is 2.21. The molecular weight excluding hydrogens is 258 g/mol. The van der Waals surface area contributed by atoms with Crippen molar-refractivity contribution >= 4 is 11.5 Å².